The van der Waals surface area contributed by atoms with Crippen molar-refractivity contribution >= 4 is 5.97 Å². The highest BCUT2D eigenvalue weighted by molar-refractivity contribution is 5.87. The maximum Gasteiger partial charge on any atom is 0.321 e. The predicted octanol–water partition coefficient (Wildman–Crippen LogP) is 4.74. The van der Waals surface area contributed by atoms with Crippen LogP contribution in [0.15, 0.2) is 91.0 Å². The molecule has 0 spiro atoms. The van der Waals surface area contributed by atoms with E-state index < -0.39 is 5.41 Å². The number of carbonyl (C=O) groups excluding carboxylic acids is 1. The Morgan fingerprint density at radius 2 is 1.24 bits per heavy atom. The Morgan fingerprint density at radius 1 is 0.758 bits per heavy atom. The highest BCUT2D eigenvalue weighted by atomic mass is 16.5. The number of rotatable bonds is 9. The molecular formula is C29H34N2O2. The molecule has 1 saturated heterocycles. The van der Waals surface area contributed by atoms with Crippen LogP contribution in [0.25, 0.3) is 0 Å². The zero-order valence-corrected chi connectivity index (χ0v) is 19.5. The van der Waals surface area contributed by atoms with Gasteiger partial charge in [-0.15, -0.1) is 0 Å². The van der Waals surface area contributed by atoms with E-state index in [1.165, 1.54) is 5.56 Å². The molecule has 0 radical (unpaired) electrons. The fourth-order valence-electron chi connectivity index (χ4n) is 4.83. The number of benzene rings is 3. The van der Waals surface area contributed by atoms with Gasteiger partial charge in [-0.25, -0.2) is 0 Å². The zero-order valence-electron chi connectivity index (χ0n) is 19.5. The molecule has 4 heteroatoms. The smallest absolute Gasteiger partial charge is 0.321 e. The van der Waals surface area contributed by atoms with Crippen LogP contribution in [-0.4, -0.2) is 55.1 Å². The second-order valence-corrected chi connectivity index (χ2v) is 8.71. The summed E-state index contributed by atoms with van der Waals surface area (Å²) in [6.07, 6.45) is 0.693. The molecule has 0 aliphatic carbocycles. The molecule has 0 aromatic heterocycles. The van der Waals surface area contributed by atoms with Crippen LogP contribution in [-0.2, 0) is 21.5 Å². The van der Waals surface area contributed by atoms with E-state index in [2.05, 4.69) is 64.4 Å². The Labute approximate surface area is 197 Å². The lowest BCUT2D eigenvalue weighted by Crippen LogP contribution is -2.48. The van der Waals surface area contributed by atoms with Crippen LogP contribution in [0, 0.1) is 0 Å². The molecule has 1 aliphatic rings. The number of nitrogens with zero attached hydrogens (tertiary/aromatic N) is 2. The van der Waals surface area contributed by atoms with E-state index in [0.717, 1.165) is 50.4 Å². The maximum absolute atomic E-state index is 13.5. The second-order valence-electron chi connectivity index (χ2n) is 8.71. The standard InChI is InChI=1S/C29H34N2O2/c1-2-33-28(32)29(26-14-8-4-9-15-26,27-16-10-5-11-17-27)18-19-30-20-22-31(23-21-30)24-25-12-6-3-7-13-25/h3-17H,2,18-24H2,1H3. The van der Waals surface area contributed by atoms with Gasteiger partial charge in [0.25, 0.3) is 0 Å². The quantitative estimate of drug-likeness (QED) is 0.448. The zero-order chi connectivity index (χ0) is 22.9. The normalized spacial score (nSPS) is 15.3. The molecule has 4 rings (SSSR count). The Kier molecular flexibility index (Phi) is 7.92. The van der Waals surface area contributed by atoms with Gasteiger partial charge in [-0.3, -0.25) is 9.69 Å². The van der Waals surface area contributed by atoms with Crippen molar-refractivity contribution in [3.8, 4) is 0 Å². The molecule has 3 aromatic rings. The van der Waals surface area contributed by atoms with Crippen molar-refractivity contribution in [3.05, 3.63) is 108 Å². The number of hydrogen-bond donors (Lipinski definition) is 0. The predicted molar refractivity (Wildman–Crippen MR) is 133 cm³/mol. The van der Waals surface area contributed by atoms with E-state index >= 15 is 0 Å². The first-order valence-corrected chi connectivity index (χ1v) is 12.0. The van der Waals surface area contributed by atoms with Gasteiger partial charge in [-0.05, 0) is 36.6 Å². The summed E-state index contributed by atoms with van der Waals surface area (Å²) in [5.74, 6) is -0.162. The molecular weight excluding hydrogens is 408 g/mol. The first-order chi connectivity index (χ1) is 16.2. The Bertz CT molecular complexity index is 944. The third-order valence-electron chi connectivity index (χ3n) is 6.67. The summed E-state index contributed by atoms with van der Waals surface area (Å²) in [5, 5.41) is 0. The fraction of sp³-hybridized carbons (Fsp3) is 0.345. The highest BCUT2D eigenvalue weighted by Crippen LogP contribution is 2.37. The molecule has 0 atom stereocenters. The van der Waals surface area contributed by atoms with Gasteiger partial charge in [0.2, 0.25) is 0 Å². The molecule has 4 nitrogen and oxygen atoms in total. The van der Waals surface area contributed by atoms with Crippen molar-refractivity contribution in [3.63, 3.8) is 0 Å². The molecule has 172 valence electrons. The van der Waals surface area contributed by atoms with E-state index in [1.54, 1.807) is 0 Å². The van der Waals surface area contributed by atoms with E-state index in [4.69, 9.17) is 4.74 Å². The molecule has 1 heterocycles. The topological polar surface area (TPSA) is 32.8 Å². The molecule has 0 saturated carbocycles. The number of ether oxygens (including phenoxy) is 1. The first-order valence-electron chi connectivity index (χ1n) is 12.0. The summed E-state index contributed by atoms with van der Waals surface area (Å²) >= 11 is 0. The van der Waals surface area contributed by atoms with Gasteiger partial charge in [0.15, 0.2) is 0 Å². The van der Waals surface area contributed by atoms with Gasteiger partial charge in [0.05, 0.1) is 6.61 Å². The van der Waals surface area contributed by atoms with E-state index in [9.17, 15) is 4.79 Å². The maximum atomic E-state index is 13.5. The van der Waals surface area contributed by atoms with Gasteiger partial charge in [0, 0.05) is 32.7 Å². The molecule has 0 unspecified atom stereocenters. The monoisotopic (exact) mass is 442 g/mol. The minimum atomic E-state index is -0.806. The van der Waals surface area contributed by atoms with Crippen LogP contribution in [0.1, 0.15) is 30.0 Å². The Balaban J connectivity index is 1.50. The van der Waals surface area contributed by atoms with Crippen molar-refractivity contribution in [1.82, 2.24) is 9.80 Å². The molecule has 3 aromatic carbocycles. The average Bonchev–Trinajstić information content (AvgIpc) is 2.87. The van der Waals surface area contributed by atoms with Crippen LogP contribution in [0.4, 0.5) is 0 Å². The molecule has 1 fully saturated rings. The minimum absolute atomic E-state index is 0.162. The SMILES string of the molecule is CCOC(=O)C(CCN1CCN(Cc2ccccc2)CC1)(c1ccccc1)c1ccccc1. The lowest BCUT2D eigenvalue weighted by atomic mass is 9.71. The van der Waals surface area contributed by atoms with Gasteiger partial charge in [0.1, 0.15) is 5.41 Å². The lowest BCUT2D eigenvalue weighted by Gasteiger charge is -2.38. The van der Waals surface area contributed by atoms with Crippen LogP contribution in [0.2, 0.25) is 0 Å². The summed E-state index contributed by atoms with van der Waals surface area (Å²) in [5.41, 5.74) is 2.55. The van der Waals surface area contributed by atoms with Gasteiger partial charge >= 0.3 is 5.97 Å². The van der Waals surface area contributed by atoms with Crippen molar-refractivity contribution in [2.75, 3.05) is 39.3 Å². The van der Waals surface area contributed by atoms with Gasteiger partial charge < -0.3 is 9.64 Å². The molecule has 1 aliphatic heterocycles. The first kappa shape index (κ1) is 23.2. The van der Waals surface area contributed by atoms with Crippen LogP contribution in [0.3, 0.4) is 0 Å². The number of piperazine rings is 1. The van der Waals surface area contributed by atoms with Crippen molar-refractivity contribution in [2.24, 2.45) is 0 Å². The van der Waals surface area contributed by atoms with Crippen molar-refractivity contribution < 1.29 is 9.53 Å². The van der Waals surface area contributed by atoms with Crippen LogP contribution in [0.5, 0.6) is 0 Å². The number of carbonyl (C=O) groups is 1. The van der Waals surface area contributed by atoms with Crippen molar-refractivity contribution in [1.29, 1.82) is 0 Å². The van der Waals surface area contributed by atoms with E-state index in [-0.39, 0.29) is 5.97 Å². The largest absolute Gasteiger partial charge is 0.465 e. The Morgan fingerprint density at radius 3 is 1.76 bits per heavy atom. The molecule has 0 bridgehead atoms. The van der Waals surface area contributed by atoms with E-state index in [0.29, 0.717) is 13.0 Å². The van der Waals surface area contributed by atoms with Crippen molar-refractivity contribution in [2.45, 2.75) is 25.3 Å². The summed E-state index contributed by atoms with van der Waals surface area (Å²) in [4.78, 5) is 18.5. The average molecular weight is 443 g/mol. The van der Waals surface area contributed by atoms with Crippen LogP contribution < -0.4 is 0 Å². The Hall–Kier alpha value is -2.95. The van der Waals surface area contributed by atoms with Gasteiger partial charge in [-0.1, -0.05) is 91.0 Å². The molecule has 33 heavy (non-hydrogen) atoms. The highest BCUT2D eigenvalue weighted by Gasteiger charge is 2.43. The minimum Gasteiger partial charge on any atom is -0.465 e. The molecule has 0 amide bonds. The van der Waals surface area contributed by atoms with E-state index in [1.807, 2.05) is 43.3 Å². The lowest BCUT2D eigenvalue weighted by molar-refractivity contribution is -0.149. The summed E-state index contributed by atoms with van der Waals surface area (Å²) in [6, 6.07) is 30.9. The summed E-state index contributed by atoms with van der Waals surface area (Å²) in [7, 11) is 0. The number of hydrogen-bond acceptors (Lipinski definition) is 4. The molecule has 0 N–H and O–H groups in total. The fourth-order valence-corrected chi connectivity index (χ4v) is 4.83. The summed E-state index contributed by atoms with van der Waals surface area (Å²) in [6.45, 7) is 8.20. The van der Waals surface area contributed by atoms with Crippen LogP contribution >= 0.6 is 0 Å². The van der Waals surface area contributed by atoms with Gasteiger partial charge in [-0.2, -0.15) is 0 Å². The third kappa shape index (κ3) is 5.52. The summed E-state index contributed by atoms with van der Waals surface area (Å²) < 4.78 is 5.67. The number of esters is 1. The third-order valence-corrected chi connectivity index (χ3v) is 6.67. The second kappa shape index (κ2) is 11.3.